The van der Waals surface area contributed by atoms with E-state index < -0.39 is 0 Å². The van der Waals surface area contributed by atoms with Gasteiger partial charge < -0.3 is 4.90 Å². The molecule has 0 unspecified atom stereocenters. The number of rotatable bonds is 2. The van der Waals surface area contributed by atoms with E-state index in [0.29, 0.717) is 0 Å². The molecule has 5 aromatic rings. The number of hydrogen-bond donors (Lipinski definition) is 0. The molecule has 0 aliphatic heterocycles. The van der Waals surface area contributed by atoms with Crippen molar-refractivity contribution in [3.63, 3.8) is 0 Å². The van der Waals surface area contributed by atoms with Crippen LogP contribution < -0.4 is 4.90 Å². The Kier molecular flexibility index (Phi) is 3.75. The lowest BCUT2D eigenvalue weighted by atomic mass is 9.70. The third kappa shape index (κ3) is 2.32. The number of nitrogens with zero attached hydrogens (tertiary/aromatic N) is 1. The third-order valence-corrected chi connectivity index (χ3v) is 7.51. The van der Waals surface area contributed by atoms with Gasteiger partial charge in [-0.3, -0.25) is 0 Å². The Morgan fingerprint density at radius 2 is 0.879 bits per heavy atom. The van der Waals surface area contributed by atoms with Gasteiger partial charge in [-0.25, -0.2) is 0 Å². The van der Waals surface area contributed by atoms with Gasteiger partial charge in [0.25, 0.3) is 0 Å². The molecule has 0 amide bonds. The normalized spacial score (nSPS) is 13.8. The minimum Gasteiger partial charge on any atom is -0.345 e. The Labute approximate surface area is 194 Å². The average molecular weight is 422 g/mol. The predicted molar refractivity (Wildman–Crippen MR) is 137 cm³/mol. The van der Waals surface area contributed by atoms with Crippen molar-refractivity contribution >= 4 is 11.4 Å². The SMILES string of the molecule is CN(c1ccccc1)c1ccc2c(c1)C1(c3ccccc3-c3ccccc31)c1ccccc1-2. The molecule has 0 atom stereocenters. The van der Waals surface area contributed by atoms with Crippen LogP contribution in [0.25, 0.3) is 22.3 Å². The lowest BCUT2D eigenvalue weighted by Crippen LogP contribution is -2.26. The van der Waals surface area contributed by atoms with Gasteiger partial charge in [0.2, 0.25) is 0 Å². The molecule has 0 saturated carbocycles. The van der Waals surface area contributed by atoms with Crippen LogP contribution in [0.1, 0.15) is 22.3 Å². The van der Waals surface area contributed by atoms with E-state index >= 15 is 0 Å². The monoisotopic (exact) mass is 421 g/mol. The second kappa shape index (κ2) is 6.70. The summed E-state index contributed by atoms with van der Waals surface area (Å²) in [5.41, 5.74) is 13.0. The van der Waals surface area contributed by atoms with Crippen molar-refractivity contribution in [2.45, 2.75) is 5.41 Å². The maximum Gasteiger partial charge on any atom is 0.0726 e. The summed E-state index contributed by atoms with van der Waals surface area (Å²) < 4.78 is 0. The van der Waals surface area contributed by atoms with Crippen LogP contribution in [0.4, 0.5) is 11.4 Å². The molecule has 0 aromatic heterocycles. The van der Waals surface area contributed by atoms with Crippen LogP contribution in [-0.4, -0.2) is 7.05 Å². The molecular formula is C32H23N. The summed E-state index contributed by atoms with van der Waals surface area (Å²) in [6.45, 7) is 0. The van der Waals surface area contributed by atoms with Gasteiger partial charge >= 0.3 is 0 Å². The van der Waals surface area contributed by atoms with Crippen LogP contribution in [0.3, 0.4) is 0 Å². The molecule has 1 spiro atoms. The number of fused-ring (bicyclic) bond motifs is 10. The highest BCUT2D eigenvalue weighted by Crippen LogP contribution is 2.63. The first-order chi connectivity index (χ1) is 16.3. The van der Waals surface area contributed by atoms with Gasteiger partial charge in [0.1, 0.15) is 0 Å². The quantitative estimate of drug-likeness (QED) is 0.275. The summed E-state index contributed by atoms with van der Waals surface area (Å²) in [6.07, 6.45) is 0. The van der Waals surface area contributed by atoms with Crippen LogP contribution in [0.5, 0.6) is 0 Å². The van der Waals surface area contributed by atoms with Crippen molar-refractivity contribution in [2.75, 3.05) is 11.9 Å². The van der Waals surface area contributed by atoms with Crippen LogP contribution in [-0.2, 0) is 5.41 Å². The fraction of sp³-hybridized carbons (Fsp3) is 0.0625. The molecule has 0 bridgehead atoms. The van der Waals surface area contributed by atoms with E-state index in [1.807, 2.05) is 0 Å². The predicted octanol–water partition coefficient (Wildman–Crippen LogP) is 7.80. The Balaban J connectivity index is 1.57. The third-order valence-electron chi connectivity index (χ3n) is 7.51. The summed E-state index contributed by atoms with van der Waals surface area (Å²) >= 11 is 0. The molecule has 0 heterocycles. The largest absolute Gasteiger partial charge is 0.345 e. The molecule has 7 rings (SSSR count). The smallest absolute Gasteiger partial charge is 0.0726 e. The second-order valence-corrected chi connectivity index (χ2v) is 9.01. The maximum absolute atomic E-state index is 2.42. The first-order valence-electron chi connectivity index (χ1n) is 11.5. The van der Waals surface area contributed by atoms with Crippen LogP contribution in [0.2, 0.25) is 0 Å². The Morgan fingerprint density at radius 1 is 0.424 bits per heavy atom. The first kappa shape index (κ1) is 18.5. The van der Waals surface area contributed by atoms with Crippen molar-refractivity contribution in [1.82, 2.24) is 0 Å². The molecule has 0 N–H and O–H groups in total. The van der Waals surface area contributed by atoms with Gasteiger partial charge in [0.05, 0.1) is 5.41 Å². The summed E-state index contributed by atoms with van der Waals surface area (Å²) in [5.74, 6) is 0. The van der Waals surface area contributed by atoms with E-state index in [1.54, 1.807) is 0 Å². The Bertz CT molecular complexity index is 1470. The molecule has 5 aromatic carbocycles. The summed E-state index contributed by atoms with van der Waals surface area (Å²) in [5, 5.41) is 0. The number of benzene rings is 5. The molecule has 0 radical (unpaired) electrons. The highest BCUT2D eigenvalue weighted by Gasteiger charge is 2.51. The lowest BCUT2D eigenvalue weighted by molar-refractivity contribution is 0.793. The minimum absolute atomic E-state index is 0.285. The first-order valence-corrected chi connectivity index (χ1v) is 11.5. The van der Waals surface area contributed by atoms with Crippen molar-refractivity contribution in [1.29, 1.82) is 0 Å². The van der Waals surface area contributed by atoms with Crippen molar-refractivity contribution in [3.8, 4) is 22.3 Å². The molecule has 156 valence electrons. The standard InChI is InChI=1S/C32H23N/c1-33(22-11-3-2-4-12-22)23-19-20-27-26-15-7-10-18-30(26)32(31(27)21-23)28-16-8-5-13-24(28)25-14-6-9-17-29(25)32/h2-21H,1H3. The summed E-state index contributed by atoms with van der Waals surface area (Å²) in [4.78, 5) is 2.28. The molecule has 0 saturated heterocycles. The van der Waals surface area contributed by atoms with E-state index in [2.05, 4.69) is 133 Å². The van der Waals surface area contributed by atoms with Crippen molar-refractivity contribution in [3.05, 3.63) is 144 Å². The fourth-order valence-corrected chi connectivity index (χ4v) is 6.09. The van der Waals surface area contributed by atoms with E-state index in [1.165, 1.54) is 55.9 Å². The van der Waals surface area contributed by atoms with Crippen LogP contribution in [0, 0.1) is 0 Å². The van der Waals surface area contributed by atoms with E-state index in [9.17, 15) is 0 Å². The zero-order valence-corrected chi connectivity index (χ0v) is 18.5. The topological polar surface area (TPSA) is 3.24 Å². The number of para-hydroxylation sites is 1. The van der Waals surface area contributed by atoms with E-state index in [-0.39, 0.29) is 5.41 Å². The van der Waals surface area contributed by atoms with Gasteiger partial charge in [-0.05, 0) is 68.8 Å². The Hall–Kier alpha value is -4.10. The van der Waals surface area contributed by atoms with Gasteiger partial charge in [0.15, 0.2) is 0 Å². The molecule has 2 aliphatic rings. The molecule has 0 fully saturated rings. The molecule has 1 nitrogen and oxygen atoms in total. The maximum atomic E-state index is 2.42. The second-order valence-electron chi connectivity index (χ2n) is 9.01. The van der Waals surface area contributed by atoms with Gasteiger partial charge in [-0.2, -0.15) is 0 Å². The molecule has 33 heavy (non-hydrogen) atoms. The summed E-state index contributed by atoms with van der Waals surface area (Å²) in [7, 11) is 2.16. The van der Waals surface area contributed by atoms with Crippen molar-refractivity contribution in [2.24, 2.45) is 0 Å². The van der Waals surface area contributed by atoms with E-state index in [0.717, 1.165) is 0 Å². The van der Waals surface area contributed by atoms with Gasteiger partial charge in [-0.15, -0.1) is 0 Å². The van der Waals surface area contributed by atoms with E-state index in [4.69, 9.17) is 0 Å². The van der Waals surface area contributed by atoms with Crippen LogP contribution >= 0.6 is 0 Å². The highest BCUT2D eigenvalue weighted by atomic mass is 15.1. The fourth-order valence-electron chi connectivity index (χ4n) is 6.09. The Morgan fingerprint density at radius 3 is 1.42 bits per heavy atom. The summed E-state index contributed by atoms with van der Waals surface area (Å²) in [6, 6.07) is 44.5. The highest BCUT2D eigenvalue weighted by molar-refractivity contribution is 5.95. The molecular weight excluding hydrogens is 398 g/mol. The number of hydrogen-bond acceptors (Lipinski definition) is 1. The molecule has 2 aliphatic carbocycles. The molecule has 1 heteroatoms. The van der Waals surface area contributed by atoms with Crippen LogP contribution in [0.15, 0.2) is 121 Å². The number of anilines is 2. The minimum atomic E-state index is -0.285. The average Bonchev–Trinajstić information content (AvgIpc) is 3.36. The zero-order valence-electron chi connectivity index (χ0n) is 18.5. The zero-order chi connectivity index (χ0) is 22.0. The van der Waals surface area contributed by atoms with Gasteiger partial charge in [-0.1, -0.05) is 97.1 Å². The lowest BCUT2D eigenvalue weighted by Gasteiger charge is -2.31. The van der Waals surface area contributed by atoms with Gasteiger partial charge in [0, 0.05) is 18.4 Å². The van der Waals surface area contributed by atoms with Crippen molar-refractivity contribution < 1.29 is 0 Å².